The van der Waals surface area contributed by atoms with Crippen molar-refractivity contribution in [2.24, 2.45) is 60.7 Å². The Morgan fingerprint density at radius 2 is 0.724 bits per heavy atom. The summed E-state index contributed by atoms with van der Waals surface area (Å²) in [6, 6.07) is 40.9. The summed E-state index contributed by atoms with van der Waals surface area (Å²) in [5, 5.41) is 47.4. The average molecular weight is 2000 g/mol. The number of ketones is 2. The molecule has 6 heterocycles. The molecule has 2 saturated heterocycles. The number of hydrogen-bond donors (Lipinski definition) is 2. The number of nitrogens with one attached hydrogen (secondary N) is 1. The molecule has 0 radical (unpaired) electrons. The monoisotopic (exact) mass is 2000 g/mol. The molecule has 145 heavy (non-hydrogen) atoms. The number of fused-ring (bicyclic) bond motifs is 8. The largest absolute Gasteiger partial charge is 0.469 e. The zero-order valence-electron chi connectivity index (χ0n) is 89.7. The third-order valence-corrected chi connectivity index (χ3v) is 30.2. The highest BCUT2D eigenvalue weighted by molar-refractivity contribution is 6.21. The summed E-state index contributed by atoms with van der Waals surface area (Å²) in [4.78, 5) is 116. The van der Waals surface area contributed by atoms with Crippen molar-refractivity contribution in [2.75, 3.05) is 81.8 Å². The normalized spacial score (nSPS) is 17.4. The van der Waals surface area contributed by atoms with E-state index in [-0.39, 0.29) is 93.7 Å². The van der Waals surface area contributed by atoms with Gasteiger partial charge in [-0.3, -0.25) is 43.3 Å². The summed E-state index contributed by atoms with van der Waals surface area (Å²) < 4.78 is 33.0. The molecular weight excluding hydrogens is 1860 g/mol. The lowest BCUT2D eigenvalue weighted by Gasteiger charge is -2.34. The number of benzene rings is 8. The Bertz CT molecular complexity index is 6630. The topological polar surface area (TPSA) is 365 Å². The quantitative estimate of drug-likeness (QED) is 0.0515. The van der Waals surface area contributed by atoms with Crippen molar-refractivity contribution in [1.82, 2.24) is 80.0 Å². The molecule has 31 nitrogen and oxygen atoms in total. The number of aryl methyl sites for hydroxylation is 12. The first-order valence-corrected chi connectivity index (χ1v) is 50.0. The molecule has 0 saturated carbocycles. The van der Waals surface area contributed by atoms with E-state index in [9.17, 15) is 48.3 Å². The van der Waals surface area contributed by atoms with Gasteiger partial charge in [-0.15, -0.1) is 32.0 Å². The number of rotatable bonds is 16. The molecule has 4 aromatic heterocycles. The molecule has 2 N–H and O–H groups in total. The number of amides is 3. The Labute approximate surface area is 854 Å². The minimum Gasteiger partial charge on any atom is -0.469 e. The molecule has 18 rings (SSSR count). The van der Waals surface area contributed by atoms with Gasteiger partial charge in [0, 0.05) is 122 Å². The number of nitrogens with zero attached hydrogens (tertiary/aromatic N) is 15. The summed E-state index contributed by atoms with van der Waals surface area (Å²) in [6.45, 7) is 40.7. The second-order valence-corrected chi connectivity index (χ2v) is 45.0. The Balaban J connectivity index is 0.000000149. The molecule has 6 atom stereocenters. The van der Waals surface area contributed by atoms with Gasteiger partial charge in [-0.2, -0.15) is 0 Å². The Morgan fingerprint density at radius 3 is 1.08 bits per heavy atom. The second kappa shape index (κ2) is 43.0. The summed E-state index contributed by atoms with van der Waals surface area (Å²) in [5.74, 6) is -1.68. The van der Waals surface area contributed by atoms with Crippen LogP contribution in [0.15, 0.2) is 121 Å². The number of methoxy groups -OCH3 is 4. The smallest absolute Gasteiger partial charge is 0.410 e. The number of likely N-dealkylation sites (N-methyl/N-ethyl adjacent to an activating group) is 2. The van der Waals surface area contributed by atoms with Crippen LogP contribution in [0.4, 0.5) is 4.79 Å². The van der Waals surface area contributed by atoms with E-state index in [0.717, 1.165) is 190 Å². The molecule has 772 valence electrons. The second-order valence-electron chi connectivity index (χ2n) is 44.5. The van der Waals surface area contributed by atoms with E-state index in [1.165, 1.54) is 50.0 Å². The van der Waals surface area contributed by atoms with Gasteiger partial charge in [0.2, 0.25) is 11.8 Å². The number of esters is 4. The SMILES string of the molecule is CN1CC(C)(C)CN(C(=O)OC(C)(C)C)CC1=O.CN1CC(C)(C)CNCC1=O.COC(=O)C(C)(C)C(c1ccc2c(c1)C(=O)CC2)c1ccc2c(nnn2C)c1C.COC(=O)C(C)(C)C(c1ccc2c(c1)C(=O)CC2)c1ccc2c(nnn2C)c1C.COC(=O)C(C)(C)C(c1ccc2c(c1)C(Cl)CC2)c1ccc2c(nnn2C)c1C.COC(=O)C(C)(C)C(c1ccc2c(c1)C(O)CC2)c1ccc2c(nnn2C)c1C. The predicted octanol–water partition coefficient (Wildman–Crippen LogP) is 17.7. The number of Topliss-reactive ketones (excluding diaryl/α,β-unsaturated/α-hetero) is 2. The van der Waals surface area contributed by atoms with Gasteiger partial charge in [-0.05, 0) is 284 Å². The third-order valence-electron chi connectivity index (χ3n) is 29.8. The first-order valence-electron chi connectivity index (χ1n) is 49.6. The van der Waals surface area contributed by atoms with Gasteiger partial charge in [-0.1, -0.05) is 133 Å². The molecule has 6 aliphatic rings. The molecule has 6 unspecified atom stereocenters. The van der Waals surface area contributed by atoms with E-state index in [2.05, 4.69) is 109 Å². The van der Waals surface area contributed by atoms with Crippen LogP contribution in [0.5, 0.6) is 0 Å². The summed E-state index contributed by atoms with van der Waals surface area (Å²) >= 11 is 6.57. The molecule has 12 aromatic rings. The number of aliphatic hydroxyl groups is 1. The highest BCUT2D eigenvalue weighted by Gasteiger charge is 2.48. The fourth-order valence-corrected chi connectivity index (χ4v) is 22.3. The number of alkyl halides is 1. The van der Waals surface area contributed by atoms with Crippen LogP contribution < -0.4 is 5.32 Å². The summed E-state index contributed by atoms with van der Waals surface area (Å²) in [5.41, 5.74) is 23.6. The van der Waals surface area contributed by atoms with E-state index in [1.807, 2.05) is 226 Å². The van der Waals surface area contributed by atoms with Crippen molar-refractivity contribution in [1.29, 1.82) is 0 Å². The number of aliphatic hydroxyl groups excluding tert-OH is 1. The van der Waals surface area contributed by atoms with Crippen molar-refractivity contribution in [3.8, 4) is 0 Å². The molecular formula is C113H143ClN16O15. The fourth-order valence-electron chi connectivity index (χ4n) is 22.0. The van der Waals surface area contributed by atoms with Crippen LogP contribution in [-0.2, 0) is 106 Å². The number of ether oxygens (including phenoxy) is 5. The van der Waals surface area contributed by atoms with Crippen LogP contribution in [-0.4, -0.2) is 221 Å². The van der Waals surface area contributed by atoms with Gasteiger partial charge >= 0.3 is 30.0 Å². The van der Waals surface area contributed by atoms with Crippen molar-refractivity contribution in [2.45, 2.75) is 224 Å². The van der Waals surface area contributed by atoms with Crippen LogP contribution in [0, 0.1) is 60.2 Å². The van der Waals surface area contributed by atoms with Crippen molar-refractivity contribution >= 4 is 109 Å². The van der Waals surface area contributed by atoms with Crippen molar-refractivity contribution < 1.29 is 71.9 Å². The summed E-state index contributed by atoms with van der Waals surface area (Å²) in [6.07, 6.45) is 5.38. The van der Waals surface area contributed by atoms with Crippen LogP contribution in [0.2, 0.25) is 0 Å². The predicted molar refractivity (Wildman–Crippen MR) is 558 cm³/mol. The van der Waals surface area contributed by atoms with E-state index in [1.54, 1.807) is 35.6 Å². The van der Waals surface area contributed by atoms with Crippen LogP contribution in [0.3, 0.4) is 0 Å². The van der Waals surface area contributed by atoms with E-state index in [4.69, 9.17) is 35.3 Å². The molecule has 32 heteroatoms. The van der Waals surface area contributed by atoms with Crippen molar-refractivity contribution in [3.63, 3.8) is 0 Å². The molecule has 4 aliphatic carbocycles. The minimum absolute atomic E-state index is 0.0235. The maximum absolute atomic E-state index is 12.8. The lowest BCUT2D eigenvalue weighted by Crippen LogP contribution is -2.42. The van der Waals surface area contributed by atoms with Gasteiger partial charge in [0.1, 0.15) is 34.2 Å². The third kappa shape index (κ3) is 22.7. The van der Waals surface area contributed by atoms with Crippen LogP contribution in [0.25, 0.3) is 44.1 Å². The van der Waals surface area contributed by atoms with Gasteiger partial charge in [0.05, 0.1) is 90.2 Å². The lowest BCUT2D eigenvalue weighted by molar-refractivity contribution is -0.152. The lowest BCUT2D eigenvalue weighted by atomic mass is 9.69. The number of carbonyl (C=O) groups is 9. The Hall–Kier alpha value is -13.0. The molecule has 0 bridgehead atoms. The van der Waals surface area contributed by atoms with Crippen molar-refractivity contribution in [3.05, 3.63) is 233 Å². The first kappa shape index (κ1) is 109. The van der Waals surface area contributed by atoms with E-state index < -0.39 is 39.5 Å². The number of halogens is 1. The highest BCUT2D eigenvalue weighted by atomic mass is 35.5. The fraction of sp³-hybridized carbons (Fsp3) is 0.496. The average Bonchev–Trinajstić information content (AvgIpc) is 1.72. The molecule has 8 aromatic carbocycles. The molecule has 2 aliphatic heterocycles. The molecule has 0 spiro atoms. The zero-order valence-corrected chi connectivity index (χ0v) is 90.4. The maximum atomic E-state index is 12.8. The van der Waals surface area contributed by atoms with Gasteiger partial charge in [0.15, 0.2) is 11.6 Å². The van der Waals surface area contributed by atoms with E-state index >= 15 is 0 Å². The standard InChI is InChI=1S/C23H26ClN3O2.C23H27N3O3.2C23H25N3O3.C13H24N2O3.C8H16N2O/c1-13-16(9-11-19-21(13)25-26-27(19)4)20(23(2,3)22(28)29-5)15-7-6-14-8-10-18(24)17(14)12-15;3*1-13-16(9-10-18-21(13)24-25-26(18)4)20(23(2,3)22(28)29-5)15-7-6-14-8-11-19(27)17(14)12-15;1-12(2,3)18-11(17)15-7-10(16)14(6)8-13(4,5)9-15;1-8(2)5-9-4-7(11)10(3)6-8/h6-7,9,11-12,18,20H,8,10H2,1-5H3;6-7,9-10,12,19-20,27H,8,11H2,1-5H3;2*6-7,9-10,12,20H,8,11H2,1-5H3;7-9H2,1-6H3;9H,4-6H2,1-3H3. The van der Waals surface area contributed by atoms with Gasteiger partial charge in [0.25, 0.3) is 0 Å². The molecule has 2 fully saturated rings. The molecule has 3 amide bonds. The number of carbonyl (C=O) groups excluding carboxylic acids is 9. The van der Waals surface area contributed by atoms with Crippen LogP contribution >= 0.6 is 11.6 Å². The van der Waals surface area contributed by atoms with Gasteiger partial charge in [-0.25, -0.2) is 23.5 Å². The maximum Gasteiger partial charge on any atom is 0.410 e. The van der Waals surface area contributed by atoms with Gasteiger partial charge < -0.3 is 43.9 Å². The van der Waals surface area contributed by atoms with E-state index in [0.29, 0.717) is 32.5 Å². The zero-order chi connectivity index (χ0) is 106. The first-order chi connectivity index (χ1) is 68.0. The van der Waals surface area contributed by atoms with Crippen LogP contribution in [0.1, 0.15) is 286 Å². The minimum atomic E-state index is -0.842. The Morgan fingerprint density at radius 1 is 0.407 bits per heavy atom. The number of aromatic nitrogens is 12. The Kier molecular flexibility index (Phi) is 32.4. The highest BCUT2D eigenvalue weighted by Crippen LogP contribution is 2.52. The number of hydrogen-bond acceptors (Lipinski definition) is 24. The summed E-state index contributed by atoms with van der Waals surface area (Å²) in [7, 11) is 16.8.